The summed E-state index contributed by atoms with van der Waals surface area (Å²) in [4.78, 5) is 11.7. The molecule has 0 radical (unpaired) electrons. The first-order valence-corrected chi connectivity index (χ1v) is 6.23. The van der Waals surface area contributed by atoms with Gasteiger partial charge in [-0.3, -0.25) is 4.79 Å². The van der Waals surface area contributed by atoms with E-state index in [0.717, 1.165) is 12.0 Å². The zero-order valence-corrected chi connectivity index (χ0v) is 10.9. The van der Waals surface area contributed by atoms with Gasteiger partial charge >= 0.3 is 0 Å². The van der Waals surface area contributed by atoms with Crippen LogP contribution in [0.4, 0.5) is 0 Å². The van der Waals surface area contributed by atoms with Gasteiger partial charge in [-0.2, -0.15) is 0 Å². The standard InChI is InChI=1S/C13H14Cl2O/c1-3-13(2)9(7-12(13)16)8-4-5-10(14)11(15)6-8/h4-6,9H,3,7H2,1-2H3. The third-order valence-corrected chi connectivity index (χ3v) is 4.62. The highest BCUT2D eigenvalue weighted by Gasteiger charge is 2.50. The van der Waals surface area contributed by atoms with Crippen LogP contribution in [0.2, 0.25) is 10.0 Å². The Kier molecular flexibility index (Phi) is 3.02. The summed E-state index contributed by atoms with van der Waals surface area (Å²) in [5.41, 5.74) is 0.912. The summed E-state index contributed by atoms with van der Waals surface area (Å²) in [5, 5.41) is 1.13. The van der Waals surface area contributed by atoms with Crippen LogP contribution in [0, 0.1) is 5.41 Å². The van der Waals surface area contributed by atoms with E-state index in [1.54, 1.807) is 6.07 Å². The Hall–Kier alpha value is -0.530. The number of Topliss-reactive ketones (excluding diaryl/α,β-unsaturated/α-hetero) is 1. The van der Waals surface area contributed by atoms with Gasteiger partial charge in [0, 0.05) is 17.8 Å². The van der Waals surface area contributed by atoms with Gasteiger partial charge in [-0.25, -0.2) is 0 Å². The Morgan fingerprint density at radius 2 is 2.06 bits per heavy atom. The predicted molar refractivity (Wildman–Crippen MR) is 67.2 cm³/mol. The summed E-state index contributed by atoms with van der Waals surface area (Å²) in [5.74, 6) is 0.644. The average molecular weight is 257 g/mol. The number of carbonyl (C=O) groups excluding carboxylic acids is 1. The molecule has 86 valence electrons. The Bertz CT molecular complexity index is 442. The van der Waals surface area contributed by atoms with Crippen LogP contribution in [0.25, 0.3) is 0 Å². The van der Waals surface area contributed by atoms with Crippen LogP contribution in [0.5, 0.6) is 0 Å². The fraction of sp³-hybridized carbons (Fsp3) is 0.462. The van der Waals surface area contributed by atoms with E-state index >= 15 is 0 Å². The maximum absolute atomic E-state index is 11.7. The molecule has 1 fully saturated rings. The van der Waals surface area contributed by atoms with E-state index in [9.17, 15) is 4.79 Å². The van der Waals surface area contributed by atoms with Crippen LogP contribution in [-0.4, -0.2) is 5.78 Å². The lowest BCUT2D eigenvalue weighted by Crippen LogP contribution is -2.45. The van der Waals surface area contributed by atoms with Crippen molar-refractivity contribution in [2.24, 2.45) is 5.41 Å². The molecule has 0 N–H and O–H groups in total. The minimum Gasteiger partial charge on any atom is -0.299 e. The Morgan fingerprint density at radius 1 is 1.38 bits per heavy atom. The summed E-state index contributed by atoms with van der Waals surface area (Å²) >= 11 is 11.9. The summed E-state index contributed by atoms with van der Waals surface area (Å²) in [6.45, 7) is 4.09. The average Bonchev–Trinajstić information content (AvgIpc) is 2.28. The van der Waals surface area contributed by atoms with Crippen LogP contribution < -0.4 is 0 Å². The second-order valence-corrected chi connectivity index (χ2v) is 5.44. The Labute approximate surface area is 106 Å². The molecule has 1 nitrogen and oxygen atoms in total. The van der Waals surface area contributed by atoms with Gasteiger partial charge in [0.25, 0.3) is 0 Å². The minimum absolute atomic E-state index is 0.211. The fourth-order valence-electron chi connectivity index (χ4n) is 2.37. The normalized spacial score (nSPS) is 29.0. The quantitative estimate of drug-likeness (QED) is 0.764. The number of halogens is 2. The fourth-order valence-corrected chi connectivity index (χ4v) is 2.67. The van der Waals surface area contributed by atoms with E-state index in [-0.39, 0.29) is 5.41 Å². The lowest BCUT2D eigenvalue weighted by molar-refractivity contribution is -0.139. The minimum atomic E-state index is -0.211. The zero-order valence-electron chi connectivity index (χ0n) is 9.39. The van der Waals surface area contributed by atoms with Gasteiger partial charge < -0.3 is 0 Å². The third-order valence-electron chi connectivity index (χ3n) is 3.88. The topological polar surface area (TPSA) is 17.1 Å². The molecule has 0 heterocycles. The number of hydrogen-bond donors (Lipinski definition) is 0. The summed E-state index contributed by atoms with van der Waals surface area (Å²) < 4.78 is 0. The van der Waals surface area contributed by atoms with Crippen molar-refractivity contribution in [1.29, 1.82) is 0 Å². The van der Waals surface area contributed by atoms with E-state index in [1.165, 1.54) is 0 Å². The first kappa shape index (κ1) is 11.9. The predicted octanol–water partition coefficient (Wildman–Crippen LogP) is 4.47. The molecule has 1 aliphatic carbocycles. The van der Waals surface area contributed by atoms with Crippen molar-refractivity contribution in [3.8, 4) is 0 Å². The SMILES string of the molecule is CCC1(C)C(=O)CC1c1ccc(Cl)c(Cl)c1. The second-order valence-electron chi connectivity index (χ2n) is 4.62. The van der Waals surface area contributed by atoms with E-state index in [0.29, 0.717) is 28.2 Å². The second kappa shape index (κ2) is 4.05. The first-order chi connectivity index (χ1) is 7.49. The van der Waals surface area contributed by atoms with Gasteiger partial charge in [0.15, 0.2) is 0 Å². The molecule has 1 aromatic rings. The van der Waals surface area contributed by atoms with Crippen molar-refractivity contribution in [2.75, 3.05) is 0 Å². The van der Waals surface area contributed by atoms with E-state index in [4.69, 9.17) is 23.2 Å². The maximum Gasteiger partial charge on any atom is 0.140 e. The Balaban J connectivity index is 2.33. The molecule has 0 spiro atoms. The number of carbonyl (C=O) groups is 1. The van der Waals surface area contributed by atoms with Crippen LogP contribution in [-0.2, 0) is 4.79 Å². The molecule has 2 rings (SSSR count). The van der Waals surface area contributed by atoms with Gasteiger partial charge in [-0.15, -0.1) is 0 Å². The number of ketones is 1. The lowest BCUT2D eigenvalue weighted by atomic mass is 9.56. The van der Waals surface area contributed by atoms with Crippen LogP contribution in [0.15, 0.2) is 18.2 Å². The molecule has 2 atom stereocenters. The van der Waals surface area contributed by atoms with Gasteiger partial charge in [0.1, 0.15) is 5.78 Å². The van der Waals surface area contributed by atoms with Crippen molar-refractivity contribution >= 4 is 29.0 Å². The first-order valence-electron chi connectivity index (χ1n) is 5.47. The summed E-state index contributed by atoms with van der Waals surface area (Å²) in [6, 6.07) is 5.66. The molecule has 0 bridgehead atoms. The molecular formula is C13H14Cl2O. The van der Waals surface area contributed by atoms with Gasteiger partial charge in [0.2, 0.25) is 0 Å². The monoisotopic (exact) mass is 256 g/mol. The molecule has 0 amide bonds. The molecule has 1 saturated carbocycles. The van der Waals surface area contributed by atoms with Crippen molar-refractivity contribution in [3.63, 3.8) is 0 Å². The van der Waals surface area contributed by atoms with E-state index < -0.39 is 0 Å². The molecular weight excluding hydrogens is 243 g/mol. The number of hydrogen-bond acceptors (Lipinski definition) is 1. The highest BCUT2D eigenvalue weighted by molar-refractivity contribution is 6.42. The zero-order chi connectivity index (χ0) is 11.9. The van der Waals surface area contributed by atoms with Crippen molar-refractivity contribution in [1.82, 2.24) is 0 Å². The van der Waals surface area contributed by atoms with Crippen LogP contribution >= 0.6 is 23.2 Å². The molecule has 16 heavy (non-hydrogen) atoms. The summed E-state index contributed by atoms with van der Waals surface area (Å²) in [6.07, 6.45) is 1.50. The Morgan fingerprint density at radius 3 is 2.56 bits per heavy atom. The lowest BCUT2D eigenvalue weighted by Gasteiger charge is -2.45. The van der Waals surface area contributed by atoms with E-state index in [2.05, 4.69) is 6.92 Å². The molecule has 0 aliphatic heterocycles. The number of rotatable bonds is 2. The highest BCUT2D eigenvalue weighted by atomic mass is 35.5. The molecule has 2 unspecified atom stereocenters. The van der Waals surface area contributed by atoms with Crippen molar-refractivity contribution in [3.05, 3.63) is 33.8 Å². The number of benzene rings is 1. The van der Waals surface area contributed by atoms with Gasteiger partial charge in [-0.1, -0.05) is 43.1 Å². The third kappa shape index (κ3) is 1.66. The highest BCUT2D eigenvalue weighted by Crippen LogP contribution is 2.52. The van der Waals surface area contributed by atoms with Crippen LogP contribution in [0.3, 0.4) is 0 Å². The van der Waals surface area contributed by atoms with Gasteiger partial charge in [0.05, 0.1) is 10.0 Å². The molecule has 1 aliphatic rings. The molecule has 1 aromatic carbocycles. The van der Waals surface area contributed by atoms with Crippen molar-refractivity contribution < 1.29 is 4.79 Å². The molecule has 0 aromatic heterocycles. The van der Waals surface area contributed by atoms with Crippen LogP contribution in [0.1, 0.15) is 38.2 Å². The summed E-state index contributed by atoms with van der Waals surface area (Å²) in [7, 11) is 0. The maximum atomic E-state index is 11.7. The van der Waals surface area contributed by atoms with Crippen molar-refractivity contribution in [2.45, 2.75) is 32.6 Å². The largest absolute Gasteiger partial charge is 0.299 e. The molecule has 0 saturated heterocycles. The van der Waals surface area contributed by atoms with Gasteiger partial charge in [-0.05, 0) is 24.1 Å². The van der Waals surface area contributed by atoms with E-state index in [1.807, 2.05) is 19.1 Å². The molecule has 3 heteroatoms. The smallest absolute Gasteiger partial charge is 0.140 e.